The lowest BCUT2D eigenvalue weighted by atomic mass is 9.95. The van der Waals surface area contributed by atoms with E-state index in [4.69, 9.17) is 9.15 Å². The van der Waals surface area contributed by atoms with Crippen molar-refractivity contribution >= 4 is 11.0 Å². The zero-order valence-electron chi connectivity index (χ0n) is 12.4. The SMILES string of the molecule is COc1ccc2c(CNC3CCCCC3)cc(=O)oc2c1. The Balaban J connectivity index is 1.85. The fourth-order valence-electron chi connectivity index (χ4n) is 3.04. The van der Waals surface area contributed by atoms with Crippen molar-refractivity contribution in [2.75, 3.05) is 7.11 Å². The Morgan fingerprint density at radius 3 is 2.81 bits per heavy atom. The molecule has 3 rings (SSSR count). The van der Waals surface area contributed by atoms with Crippen LogP contribution in [0.3, 0.4) is 0 Å². The van der Waals surface area contributed by atoms with Gasteiger partial charge in [0.25, 0.3) is 0 Å². The molecule has 0 saturated heterocycles. The van der Waals surface area contributed by atoms with E-state index >= 15 is 0 Å². The summed E-state index contributed by atoms with van der Waals surface area (Å²) in [5, 5.41) is 4.55. The second-order valence-electron chi connectivity index (χ2n) is 5.67. The van der Waals surface area contributed by atoms with Gasteiger partial charge in [-0.25, -0.2) is 4.79 Å². The van der Waals surface area contributed by atoms with E-state index in [1.807, 2.05) is 12.1 Å². The second-order valence-corrected chi connectivity index (χ2v) is 5.67. The lowest BCUT2D eigenvalue weighted by Gasteiger charge is -2.23. The van der Waals surface area contributed by atoms with E-state index in [0.29, 0.717) is 23.9 Å². The molecule has 2 aromatic rings. The fraction of sp³-hybridized carbons (Fsp3) is 0.471. The first kappa shape index (κ1) is 14.1. The normalized spacial score (nSPS) is 16.2. The van der Waals surface area contributed by atoms with Crippen molar-refractivity contribution in [3.8, 4) is 5.75 Å². The van der Waals surface area contributed by atoms with Gasteiger partial charge in [-0.05, 0) is 30.5 Å². The van der Waals surface area contributed by atoms with Gasteiger partial charge < -0.3 is 14.5 Å². The Labute approximate surface area is 124 Å². The molecule has 0 unspecified atom stereocenters. The minimum absolute atomic E-state index is 0.309. The van der Waals surface area contributed by atoms with Crippen molar-refractivity contribution in [1.29, 1.82) is 0 Å². The number of rotatable bonds is 4. The van der Waals surface area contributed by atoms with Crippen molar-refractivity contribution in [2.24, 2.45) is 0 Å². The van der Waals surface area contributed by atoms with E-state index in [9.17, 15) is 4.79 Å². The molecule has 112 valence electrons. The second kappa shape index (κ2) is 6.31. The van der Waals surface area contributed by atoms with Crippen LogP contribution in [0, 0.1) is 0 Å². The maximum Gasteiger partial charge on any atom is 0.336 e. The first-order valence-electron chi connectivity index (χ1n) is 7.60. The quantitative estimate of drug-likeness (QED) is 0.877. The van der Waals surface area contributed by atoms with Gasteiger partial charge in [0, 0.05) is 30.1 Å². The van der Waals surface area contributed by atoms with Crippen LogP contribution < -0.4 is 15.7 Å². The van der Waals surface area contributed by atoms with Gasteiger partial charge >= 0.3 is 5.63 Å². The third-order valence-electron chi connectivity index (χ3n) is 4.22. The summed E-state index contributed by atoms with van der Waals surface area (Å²) in [4.78, 5) is 11.7. The Hall–Kier alpha value is -1.81. The molecule has 1 aliphatic carbocycles. The molecule has 0 spiro atoms. The predicted octanol–water partition coefficient (Wildman–Crippen LogP) is 3.22. The molecule has 1 heterocycles. The number of nitrogens with one attached hydrogen (secondary N) is 1. The van der Waals surface area contributed by atoms with Crippen LogP contribution in [0.1, 0.15) is 37.7 Å². The topological polar surface area (TPSA) is 51.5 Å². The highest BCUT2D eigenvalue weighted by atomic mass is 16.5. The summed E-state index contributed by atoms with van der Waals surface area (Å²) in [7, 11) is 1.60. The number of fused-ring (bicyclic) bond motifs is 1. The third-order valence-corrected chi connectivity index (χ3v) is 4.22. The van der Waals surface area contributed by atoms with Crippen molar-refractivity contribution in [1.82, 2.24) is 5.32 Å². The van der Waals surface area contributed by atoms with Gasteiger partial charge in [-0.1, -0.05) is 19.3 Å². The van der Waals surface area contributed by atoms with Crippen LogP contribution >= 0.6 is 0 Å². The van der Waals surface area contributed by atoms with Crippen LogP contribution in [0.2, 0.25) is 0 Å². The summed E-state index contributed by atoms with van der Waals surface area (Å²) in [5.41, 5.74) is 1.27. The maximum atomic E-state index is 11.7. The molecule has 0 amide bonds. The number of methoxy groups -OCH3 is 1. The van der Waals surface area contributed by atoms with Crippen LogP contribution in [-0.2, 0) is 6.54 Å². The summed E-state index contributed by atoms with van der Waals surface area (Å²) in [5.74, 6) is 0.697. The van der Waals surface area contributed by atoms with Gasteiger partial charge in [0.2, 0.25) is 0 Å². The Morgan fingerprint density at radius 1 is 1.24 bits per heavy atom. The number of hydrogen-bond acceptors (Lipinski definition) is 4. The number of benzene rings is 1. The first-order chi connectivity index (χ1) is 10.3. The molecule has 1 aromatic heterocycles. The van der Waals surface area contributed by atoms with Crippen LogP contribution in [0.5, 0.6) is 5.75 Å². The molecule has 0 bridgehead atoms. The summed E-state index contributed by atoms with van der Waals surface area (Å²) >= 11 is 0. The minimum Gasteiger partial charge on any atom is -0.497 e. The molecule has 21 heavy (non-hydrogen) atoms. The third kappa shape index (κ3) is 3.27. The molecule has 1 fully saturated rings. The summed E-state index contributed by atoms with van der Waals surface area (Å²) in [6.45, 7) is 0.707. The molecule has 0 aliphatic heterocycles. The highest BCUT2D eigenvalue weighted by molar-refractivity contribution is 5.81. The van der Waals surface area contributed by atoms with E-state index in [-0.39, 0.29) is 5.63 Å². The lowest BCUT2D eigenvalue weighted by molar-refractivity contribution is 0.372. The smallest absolute Gasteiger partial charge is 0.336 e. The highest BCUT2D eigenvalue weighted by Crippen LogP contribution is 2.23. The van der Waals surface area contributed by atoms with Crippen molar-refractivity contribution in [2.45, 2.75) is 44.7 Å². The highest BCUT2D eigenvalue weighted by Gasteiger charge is 2.14. The molecule has 1 saturated carbocycles. The minimum atomic E-state index is -0.309. The Morgan fingerprint density at radius 2 is 2.05 bits per heavy atom. The molecule has 4 nitrogen and oxygen atoms in total. The van der Waals surface area contributed by atoms with E-state index in [1.54, 1.807) is 19.2 Å². The molecule has 1 aromatic carbocycles. The first-order valence-corrected chi connectivity index (χ1v) is 7.60. The standard InChI is InChI=1S/C17H21NO3/c1-20-14-7-8-15-12(9-17(19)21-16(15)10-14)11-18-13-5-3-2-4-6-13/h7-10,13,18H,2-6,11H2,1H3. The van der Waals surface area contributed by atoms with Gasteiger partial charge in [0.1, 0.15) is 11.3 Å². The van der Waals surface area contributed by atoms with Gasteiger partial charge in [-0.3, -0.25) is 0 Å². The predicted molar refractivity (Wildman–Crippen MR) is 82.7 cm³/mol. The number of hydrogen-bond donors (Lipinski definition) is 1. The Bertz CT molecular complexity index is 671. The largest absolute Gasteiger partial charge is 0.497 e. The molecule has 0 radical (unpaired) electrons. The Kier molecular flexibility index (Phi) is 4.25. The fourth-order valence-corrected chi connectivity index (χ4v) is 3.04. The molecular weight excluding hydrogens is 266 g/mol. The summed E-state index contributed by atoms with van der Waals surface area (Å²) < 4.78 is 10.5. The summed E-state index contributed by atoms with van der Waals surface area (Å²) in [6.07, 6.45) is 6.40. The molecule has 4 heteroatoms. The van der Waals surface area contributed by atoms with Gasteiger partial charge in [-0.2, -0.15) is 0 Å². The van der Waals surface area contributed by atoms with Gasteiger partial charge in [0.05, 0.1) is 7.11 Å². The van der Waals surface area contributed by atoms with Crippen LogP contribution in [-0.4, -0.2) is 13.2 Å². The van der Waals surface area contributed by atoms with E-state index in [1.165, 1.54) is 32.1 Å². The molecule has 1 N–H and O–H groups in total. The molecule has 1 aliphatic rings. The zero-order chi connectivity index (χ0) is 14.7. The van der Waals surface area contributed by atoms with Crippen LogP contribution in [0.4, 0.5) is 0 Å². The van der Waals surface area contributed by atoms with Crippen molar-refractivity contribution < 1.29 is 9.15 Å². The zero-order valence-corrected chi connectivity index (χ0v) is 12.4. The van der Waals surface area contributed by atoms with Crippen molar-refractivity contribution in [3.63, 3.8) is 0 Å². The summed E-state index contributed by atoms with van der Waals surface area (Å²) in [6, 6.07) is 7.77. The van der Waals surface area contributed by atoms with E-state index < -0.39 is 0 Å². The van der Waals surface area contributed by atoms with E-state index in [0.717, 1.165) is 10.9 Å². The molecular formula is C17H21NO3. The monoisotopic (exact) mass is 287 g/mol. The van der Waals surface area contributed by atoms with Crippen LogP contribution in [0.25, 0.3) is 11.0 Å². The maximum absolute atomic E-state index is 11.7. The van der Waals surface area contributed by atoms with Crippen LogP contribution in [0.15, 0.2) is 33.5 Å². The average Bonchev–Trinajstić information content (AvgIpc) is 2.52. The lowest BCUT2D eigenvalue weighted by Crippen LogP contribution is -2.30. The van der Waals surface area contributed by atoms with Gasteiger partial charge in [-0.15, -0.1) is 0 Å². The number of ether oxygens (including phenoxy) is 1. The van der Waals surface area contributed by atoms with E-state index in [2.05, 4.69) is 5.32 Å². The molecule has 0 atom stereocenters. The van der Waals surface area contributed by atoms with Gasteiger partial charge in [0.15, 0.2) is 0 Å². The average molecular weight is 287 g/mol. The van der Waals surface area contributed by atoms with Crippen molar-refractivity contribution in [3.05, 3.63) is 40.2 Å².